The molecule has 3 aromatic carbocycles. The normalized spacial score (nSPS) is 16.0. The van der Waals surface area contributed by atoms with Gasteiger partial charge >= 0.3 is 0 Å². The van der Waals surface area contributed by atoms with Crippen LogP contribution in [0.15, 0.2) is 72.8 Å². The van der Waals surface area contributed by atoms with Gasteiger partial charge in [0.2, 0.25) is 0 Å². The van der Waals surface area contributed by atoms with Gasteiger partial charge in [0.15, 0.2) is 0 Å². The average molecular weight is 520 g/mol. The highest BCUT2D eigenvalue weighted by Gasteiger charge is 2.20. The molecule has 0 saturated heterocycles. The number of fused-ring (bicyclic) bond motifs is 1. The molecule has 34 heavy (non-hydrogen) atoms. The maximum absolute atomic E-state index is 12.7. The van der Waals surface area contributed by atoms with Crippen LogP contribution in [0.25, 0.3) is 11.1 Å². The third kappa shape index (κ3) is 6.58. The molecule has 0 fully saturated rings. The van der Waals surface area contributed by atoms with E-state index in [2.05, 4.69) is 63.8 Å². The Balaban J connectivity index is 1.26. The van der Waals surface area contributed by atoms with Gasteiger partial charge in [-0.05, 0) is 91.4 Å². The van der Waals surface area contributed by atoms with Gasteiger partial charge in [0, 0.05) is 11.6 Å². The maximum Gasteiger partial charge on any atom is 0.252 e. The summed E-state index contributed by atoms with van der Waals surface area (Å²) in [7, 11) is 0. The third-order valence-corrected chi connectivity index (χ3v) is 7.39. The van der Waals surface area contributed by atoms with Gasteiger partial charge in [0.05, 0.1) is 4.95 Å². The van der Waals surface area contributed by atoms with Crippen molar-refractivity contribution in [1.29, 1.82) is 0 Å². The van der Waals surface area contributed by atoms with Crippen LogP contribution in [-0.4, -0.2) is 23.4 Å². The Morgan fingerprint density at radius 2 is 1.76 bits per heavy atom. The summed E-state index contributed by atoms with van der Waals surface area (Å²) in [5, 5.41) is 6.79. The van der Waals surface area contributed by atoms with Crippen LogP contribution >= 0.6 is 15.9 Å². The number of nitrogens with one attached hydrogen (secondary N) is 2. The van der Waals surface area contributed by atoms with Gasteiger partial charge in [-0.1, -0.05) is 83.5 Å². The molecule has 0 bridgehead atoms. The number of rotatable bonds is 10. The van der Waals surface area contributed by atoms with Crippen molar-refractivity contribution in [3.63, 3.8) is 0 Å². The van der Waals surface area contributed by atoms with Gasteiger partial charge in [-0.25, -0.2) is 0 Å². The minimum absolute atomic E-state index is 0.0315. The number of halogens is 1. The van der Waals surface area contributed by atoms with E-state index in [9.17, 15) is 4.79 Å². The molecule has 3 nitrogen and oxygen atoms in total. The van der Waals surface area contributed by atoms with Crippen molar-refractivity contribution >= 4 is 21.8 Å². The van der Waals surface area contributed by atoms with Crippen LogP contribution in [0, 0.1) is 0 Å². The average Bonchev–Trinajstić information content (AvgIpc) is 2.88. The third-order valence-electron chi connectivity index (χ3n) is 6.71. The van der Waals surface area contributed by atoms with E-state index in [4.69, 9.17) is 0 Å². The number of carbonyl (C=O) groups excluding carboxylic acids is 1. The van der Waals surface area contributed by atoms with E-state index in [0.717, 1.165) is 43.4 Å². The van der Waals surface area contributed by atoms with Gasteiger partial charge in [0.1, 0.15) is 0 Å². The Bertz CT molecular complexity index is 1060. The number of hydrogen-bond acceptors (Lipinski definition) is 2. The van der Waals surface area contributed by atoms with E-state index in [-0.39, 0.29) is 10.9 Å². The summed E-state index contributed by atoms with van der Waals surface area (Å²) >= 11 is 3.67. The maximum atomic E-state index is 12.7. The van der Waals surface area contributed by atoms with Gasteiger partial charge < -0.3 is 10.6 Å². The van der Waals surface area contributed by atoms with Crippen molar-refractivity contribution in [1.82, 2.24) is 10.6 Å². The highest BCUT2D eigenvalue weighted by Crippen LogP contribution is 2.26. The summed E-state index contributed by atoms with van der Waals surface area (Å²) in [5.41, 5.74) is 7.52. The van der Waals surface area contributed by atoms with Crippen LogP contribution in [-0.2, 0) is 19.3 Å². The van der Waals surface area contributed by atoms with Crippen molar-refractivity contribution < 1.29 is 4.79 Å². The van der Waals surface area contributed by atoms with Crippen LogP contribution in [0.5, 0.6) is 0 Å². The lowest BCUT2D eigenvalue weighted by molar-refractivity contribution is 0.0949. The molecule has 1 aliphatic rings. The molecule has 1 aliphatic carbocycles. The number of hydrogen-bond donors (Lipinski definition) is 2. The van der Waals surface area contributed by atoms with Crippen LogP contribution in [0.2, 0.25) is 0 Å². The fourth-order valence-corrected chi connectivity index (χ4v) is 5.39. The first kappa shape index (κ1) is 24.7. The molecule has 178 valence electrons. The molecule has 1 unspecified atom stereocenters. The number of benzene rings is 3. The van der Waals surface area contributed by atoms with Gasteiger partial charge in [-0.2, -0.15) is 0 Å². The Morgan fingerprint density at radius 1 is 1.00 bits per heavy atom. The Labute approximate surface area is 212 Å². The van der Waals surface area contributed by atoms with Gasteiger partial charge in [0.25, 0.3) is 5.91 Å². The topological polar surface area (TPSA) is 41.1 Å². The SMILES string of the molecule is CCCN[C@H]1CCc2c(CCCC(Br)NC(=O)c3ccc(-c4ccccc4)cc3)cccc2C1. The molecule has 0 aromatic heterocycles. The Kier molecular flexibility index (Phi) is 8.95. The predicted octanol–water partition coefficient (Wildman–Crippen LogP) is 6.68. The number of carbonyl (C=O) groups is 1. The molecular formula is C30H35BrN2O. The first-order valence-electron chi connectivity index (χ1n) is 12.6. The molecule has 0 heterocycles. The van der Waals surface area contributed by atoms with E-state index in [1.165, 1.54) is 30.4 Å². The predicted molar refractivity (Wildman–Crippen MR) is 146 cm³/mol. The van der Waals surface area contributed by atoms with Crippen molar-refractivity contribution in [2.45, 2.75) is 62.9 Å². The molecule has 4 rings (SSSR count). The minimum Gasteiger partial charge on any atom is -0.340 e. The second-order valence-corrected chi connectivity index (χ2v) is 10.3. The smallest absolute Gasteiger partial charge is 0.252 e. The fourth-order valence-electron chi connectivity index (χ4n) is 4.86. The molecule has 0 aliphatic heterocycles. The zero-order chi connectivity index (χ0) is 23.8. The lowest BCUT2D eigenvalue weighted by Crippen LogP contribution is -2.35. The van der Waals surface area contributed by atoms with Crippen molar-refractivity contribution in [3.8, 4) is 11.1 Å². The quantitative estimate of drug-likeness (QED) is 0.232. The second-order valence-electron chi connectivity index (χ2n) is 9.23. The van der Waals surface area contributed by atoms with Crippen LogP contribution in [0.1, 0.15) is 59.7 Å². The van der Waals surface area contributed by atoms with Gasteiger partial charge in [-0.15, -0.1) is 0 Å². The van der Waals surface area contributed by atoms with Crippen molar-refractivity contribution in [2.24, 2.45) is 0 Å². The molecule has 0 saturated carbocycles. The molecule has 0 spiro atoms. The second kappa shape index (κ2) is 12.3. The largest absolute Gasteiger partial charge is 0.340 e. The van der Waals surface area contributed by atoms with Crippen molar-refractivity contribution in [3.05, 3.63) is 95.1 Å². The summed E-state index contributed by atoms with van der Waals surface area (Å²) in [4.78, 5) is 12.7. The summed E-state index contributed by atoms with van der Waals surface area (Å²) < 4.78 is 0. The summed E-state index contributed by atoms with van der Waals surface area (Å²) in [5.74, 6) is -0.0378. The van der Waals surface area contributed by atoms with E-state index in [0.29, 0.717) is 11.6 Å². The molecule has 2 N–H and O–H groups in total. The zero-order valence-electron chi connectivity index (χ0n) is 20.0. The lowest BCUT2D eigenvalue weighted by atomic mass is 9.84. The molecule has 1 amide bonds. The molecule has 4 heteroatoms. The van der Waals surface area contributed by atoms with Crippen LogP contribution in [0.4, 0.5) is 0 Å². The molecule has 2 atom stereocenters. The summed E-state index contributed by atoms with van der Waals surface area (Å²) in [6, 6.07) is 25.4. The number of alkyl halides is 1. The minimum atomic E-state index is -0.0378. The van der Waals surface area contributed by atoms with Crippen LogP contribution in [0.3, 0.4) is 0 Å². The first-order valence-corrected chi connectivity index (χ1v) is 13.5. The molecular weight excluding hydrogens is 484 g/mol. The van der Waals surface area contributed by atoms with E-state index in [1.54, 1.807) is 5.56 Å². The molecule has 3 aromatic rings. The monoisotopic (exact) mass is 518 g/mol. The first-order chi connectivity index (χ1) is 16.6. The Hall–Kier alpha value is -2.43. The number of aryl methyl sites for hydroxylation is 1. The number of amides is 1. The summed E-state index contributed by atoms with van der Waals surface area (Å²) in [6.45, 7) is 3.33. The van der Waals surface area contributed by atoms with Gasteiger partial charge in [-0.3, -0.25) is 4.79 Å². The highest BCUT2D eigenvalue weighted by molar-refractivity contribution is 9.09. The molecule has 0 radical (unpaired) electrons. The lowest BCUT2D eigenvalue weighted by Gasteiger charge is -2.27. The van der Waals surface area contributed by atoms with Crippen LogP contribution < -0.4 is 10.6 Å². The standard InChI is InChI=1S/C30H35BrN2O/c1-2-20-32-27-18-19-28-24(10-6-12-26(28)21-27)11-7-13-29(31)33-30(34)25-16-14-23(15-17-25)22-8-4-3-5-9-22/h3-6,8-10,12,14-17,27,29,32H,2,7,11,13,18-21H2,1H3,(H,33,34)/t27-,29?/m0/s1. The van der Waals surface area contributed by atoms with E-state index >= 15 is 0 Å². The summed E-state index contributed by atoms with van der Waals surface area (Å²) in [6.07, 6.45) is 7.72. The van der Waals surface area contributed by atoms with E-state index < -0.39 is 0 Å². The van der Waals surface area contributed by atoms with E-state index in [1.807, 2.05) is 42.5 Å². The fraction of sp³-hybridized carbons (Fsp3) is 0.367. The zero-order valence-corrected chi connectivity index (χ0v) is 21.6. The Morgan fingerprint density at radius 3 is 2.53 bits per heavy atom. The van der Waals surface area contributed by atoms with Crippen molar-refractivity contribution in [2.75, 3.05) is 6.54 Å². The highest BCUT2D eigenvalue weighted by atomic mass is 79.9.